The summed E-state index contributed by atoms with van der Waals surface area (Å²) in [4.78, 5) is 11.5. The van der Waals surface area contributed by atoms with Crippen LogP contribution in [-0.4, -0.2) is 31.9 Å². The average Bonchev–Trinajstić information content (AvgIpc) is 2.29. The van der Waals surface area contributed by atoms with E-state index in [0.717, 1.165) is 6.42 Å². The first kappa shape index (κ1) is 18.9. The first-order valence-corrected chi connectivity index (χ1v) is 11.2. The summed E-state index contributed by atoms with van der Waals surface area (Å²) in [6.07, 6.45) is 1.27. The van der Waals surface area contributed by atoms with Gasteiger partial charge in [0.25, 0.3) is 0 Å². The molecular formula is C17H34O3Si. The van der Waals surface area contributed by atoms with Crippen LogP contribution in [0.3, 0.4) is 0 Å². The van der Waals surface area contributed by atoms with Crippen molar-refractivity contribution in [1.82, 2.24) is 0 Å². The van der Waals surface area contributed by atoms with Crippen LogP contribution in [0.25, 0.3) is 0 Å². The molecule has 1 aliphatic rings. The van der Waals surface area contributed by atoms with Crippen LogP contribution in [-0.2, 0) is 9.22 Å². The third-order valence-corrected chi connectivity index (χ3v) is 10.0. The van der Waals surface area contributed by atoms with E-state index >= 15 is 0 Å². The molecule has 0 spiro atoms. The molecule has 0 bridgehead atoms. The summed E-state index contributed by atoms with van der Waals surface area (Å²) in [5.74, 6) is 1.20. The molecule has 21 heavy (non-hydrogen) atoms. The first-order valence-electron chi connectivity index (χ1n) is 8.29. The lowest BCUT2D eigenvalue weighted by molar-refractivity contribution is -0.126. The minimum atomic E-state index is -1.76. The molecule has 1 N–H and O–H groups in total. The van der Waals surface area contributed by atoms with E-state index in [9.17, 15) is 9.90 Å². The summed E-state index contributed by atoms with van der Waals surface area (Å²) in [7, 11) is -1.76. The van der Waals surface area contributed by atoms with Crippen LogP contribution in [0, 0.1) is 17.8 Å². The van der Waals surface area contributed by atoms with Crippen molar-refractivity contribution in [3.05, 3.63) is 0 Å². The predicted octanol–water partition coefficient (Wildman–Crippen LogP) is 4.01. The van der Waals surface area contributed by atoms with E-state index in [-0.39, 0.29) is 16.7 Å². The van der Waals surface area contributed by atoms with E-state index in [1.807, 2.05) is 0 Å². The number of aliphatic hydroxyl groups is 1. The van der Waals surface area contributed by atoms with Gasteiger partial charge in [-0.2, -0.15) is 0 Å². The fourth-order valence-corrected chi connectivity index (χ4v) is 3.88. The number of ketones is 1. The van der Waals surface area contributed by atoms with Crippen LogP contribution in [0.5, 0.6) is 0 Å². The highest BCUT2D eigenvalue weighted by Crippen LogP contribution is 2.39. The smallest absolute Gasteiger partial charge is 0.191 e. The quantitative estimate of drug-likeness (QED) is 0.780. The molecule has 0 unspecified atom stereocenters. The zero-order valence-corrected chi connectivity index (χ0v) is 15.9. The lowest BCUT2D eigenvalue weighted by atomic mass is 9.73. The molecule has 0 aliphatic heterocycles. The Morgan fingerprint density at radius 1 is 1.33 bits per heavy atom. The summed E-state index contributed by atoms with van der Waals surface area (Å²) in [5.41, 5.74) is 0. The summed E-state index contributed by atoms with van der Waals surface area (Å²) in [6.45, 7) is 16.4. The van der Waals surface area contributed by atoms with Crippen LogP contribution < -0.4 is 0 Å². The molecule has 1 saturated carbocycles. The minimum Gasteiger partial charge on any atom is -0.417 e. The molecule has 4 heteroatoms. The SMILES string of the molecule is CC(C)[C@H](CO[Si](C)(C)C(C)(C)C)[C@H]1CCC(=O)C[C@H]1O. The van der Waals surface area contributed by atoms with E-state index in [2.05, 4.69) is 47.7 Å². The Balaban J connectivity index is 2.73. The fraction of sp³-hybridized carbons (Fsp3) is 0.941. The highest BCUT2D eigenvalue weighted by Gasteiger charge is 2.40. The van der Waals surface area contributed by atoms with Gasteiger partial charge in [0, 0.05) is 19.4 Å². The molecule has 0 amide bonds. The Hall–Kier alpha value is -0.193. The van der Waals surface area contributed by atoms with E-state index < -0.39 is 14.4 Å². The van der Waals surface area contributed by atoms with Crippen molar-refractivity contribution in [2.24, 2.45) is 17.8 Å². The Morgan fingerprint density at radius 2 is 1.90 bits per heavy atom. The number of aliphatic hydroxyl groups excluding tert-OH is 1. The standard InChI is InChI=1S/C17H34O3Si/c1-12(2)15(11-20-21(6,7)17(3,4)5)14-9-8-13(18)10-16(14)19/h12,14-16,19H,8-11H2,1-7H3/t14-,15+,16-/m1/s1. The monoisotopic (exact) mass is 314 g/mol. The zero-order valence-electron chi connectivity index (χ0n) is 14.9. The van der Waals surface area contributed by atoms with Crippen molar-refractivity contribution in [1.29, 1.82) is 0 Å². The lowest BCUT2D eigenvalue weighted by Crippen LogP contribution is -2.45. The van der Waals surface area contributed by atoms with Crippen LogP contribution in [0.2, 0.25) is 18.1 Å². The van der Waals surface area contributed by atoms with Gasteiger partial charge in [-0.05, 0) is 42.3 Å². The number of rotatable bonds is 5. The average molecular weight is 315 g/mol. The van der Waals surface area contributed by atoms with Gasteiger partial charge in [-0.1, -0.05) is 34.6 Å². The van der Waals surface area contributed by atoms with Gasteiger partial charge in [0.15, 0.2) is 8.32 Å². The highest BCUT2D eigenvalue weighted by molar-refractivity contribution is 6.74. The van der Waals surface area contributed by atoms with E-state index in [1.54, 1.807) is 0 Å². The van der Waals surface area contributed by atoms with Gasteiger partial charge in [0.2, 0.25) is 0 Å². The molecule has 1 fully saturated rings. The highest BCUT2D eigenvalue weighted by atomic mass is 28.4. The summed E-state index contributed by atoms with van der Waals surface area (Å²) in [5, 5.41) is 10.5. The summed E-state index contributed by atoms with van der Waals surface area (Å²) < 4.78 is 6.39. The molecule has 0 radical (unpaired) electrons. The van der Waals surface area contributed by atoms with Gasteiger partial charge < -0.3 is 9.53 Å². The minimum absolute atomic E-state index is 0.201. The molecule has 1 aliphatic carbocycles. The molecule has 3 atom stereocenters. The van der Waals surface area contributed by atoms with Gasteiger partial charge in [-0.15, -0.1) is 0 Å². The largest absolute Gasteiger partial charge is 0.417 e. The molecule has 0 aromatic carbocycles. The van der Waals surface area contributed by atoms with Crippen molar-refractivity contribution in [3.63, 3.8) is 0 Å². The van der Waals surface area contributed by atoms with Crippen molar-refractivity contribution in [2.45, 2.75) is 78.1 Å². The van der Waals surface area contributed by atoms with Gasteiger partial charge in [0.1, 0.15) is 5.78 Å². The van der Waals surface area contributed by atoms with Gasteiger partial charge in [0.05, 0.1) is 6.10 Å². The van der Waals surface area contributed by atoms with Gasteiger partial charge >= 0.3 is 0 Å². The van der Waals surface area contributed by atoms with Crippen molar-refractivity contribution < 1.29 is 14.3 Å². The second-order valence-electron chi connectivity index (χ2n) is 8.49. The molecular weight excluding hydrogens is 280 g/mol. The third kappa shape index (κ3) is 4.90. The van der Waals surface area contributed by atoms with Crippen LogP contribution in [0.1, 0.15) is 53.9 Å². The predicted molar refractivity (Wildman–Crippen MR) is 89.8 cm³/mol. The number of carbonyl (C=O) groups excluding carboxylic acids is 1. The maximum atomic E-state index is 11.5. The molecule has 0 heterocycles. The molecule has 3 nitrogen and oxygen atoms in total. The maximum Gasteiger partial charge on any atom is 0.191 e. The number of hydrogen-bond donors (Lipinski definition) is 1. The molecule has 0 aromatic heterocycles. The Labute approximate surface area is 131 Å². The second-order valence-corrected chi connectivity index (χ2v) is 13.3. The van der Waals surface area contributed by atoms with Gasteiger partial charge in [-0.3, -0.25) is 4.79 Å². The summed E-state index contributed by atoms with van der Waals surface area (Å²) in [6, 6.07) is 0. The molecule has 1 rings (SSSR count). The van der Waals surface area contributed by atoms with Crippen LogP contribution in [0.15, 0.2) is 0 Å². The summed E-state index contributed by atoms with van der Waals surface area (Å²) >= 11 is 0. The number of carbonyl (C=O) groups is 1. The second kappa shape index (κ2) is 6.92. The Bertz CT molecular complexity index is 358. The normalized spacial score (nSPS) is 26.2. The van der Waals surface area contributed by atoms with Gasteiger partial charge in [-0.25, -0.2) is 0 Å². The van der Waals surface area contributed by atoms with Crippen molar-refractivity contribution in [2.75, 3.05) is 6.61 Å². The zero-order chi connectivity index (χ0) is 16.4. The number of Topliss-reactive ketones (excluding diaryl/α,β-unsaturated/α-hetero) is 1. The van der Waals surface area contributed by atoms with Crippen LogP contribution in [0.4, 0.5) is 0 Å². The Morgan fingerprint density at radius 3 is 2.33 bits per heavy atom. The van der Waals surface area contributed by atoms with Crippen LogP contribution >= 0.6 is 0 Å². The molecule has 0 aromatic rings. The third-order valence-electron chi connectivity index (χ3n) is 5.54. The van der Waals surface area contributed by atoms with E-state index in [0.29, 0.717) is 31.3 Å². The molecule has 0 saturated heterocycles. The van der Waals surface area contributed by atoms with Crippen molar-refractivity contribution >= 4 is 14.1 Å². The van der Waals surface area contributed by atoms with E-state index in [1.165, 1.54) is 0 Å². The Kier molecular flexibility index (Phi) is 6.22. The lowest BCUT2D eigenvalue weighted by Gasteiger charge is -2.41. The van der Waals surface area contributed by atoms with Crippen molar-refractivity contribution in [3.8, 4) is 0 Å². The van der Waals surface area contributed by atoms with E-state index in [4.69, 9.17) is 4.43 Å². The topological polar surface area (TPSA) is 46.5 Å². The number of hydrogen-bond acceptors (Lipinski definition) is 3. The first-order chi connectivity index (χ1) is 9.45. The fourth-order valence-electron chi connectivity index (χ4n) is 2.84. The maximum absolute atomic E-state index is 11.5. The molecule has 124 valence electrons.